The van der Waals surface area contributed by atoms with Crippen molar-refractivity contribution in [1.82, 2.24) is 4.90 Å². The van der Waals surface area contributed by atoms with E-state index in [4.69, 9.17) is 34.8 Å². The van der Waals surface area contributed by atoms with E-state index in [0.29, 0.717) is 0 Å². The van der Waals surface area contributed by atoms with E-state index in [0.717, 1.165) is 0 Å². The topological polar surface area (TPSA) is 30.9 Å². The molecule has 0 aromatic heterocycles. The van der Waals surface area contributed by atoms with Gasteiger partial charge in [0.1, 0.15) is 6.08 Å². The summed E-state index contributed by atoms with van der Waals surface area (Å²) in [5, 5.41) is 0. The van der Waals surface area contributed by atoms with E-state index in [1.54, 1.807) is 0 Å². The van der Waals surface area contributed by atoms with Crippen LogP contribution in [0, 0.1) is 0 Å². The van der Waals surface area contributed by atoms with Crippen LogP contribution in [0.2, 0.25) is 0 Å². The SMILES string of the molecule is [2H]c1c([2H])c([2H])c(C([2H])(O[C@@H]2CCCN(C([2H])([2H])Cc3c([2H])c([2H])c4c(c3[2H])OCO4)C2)c2c([2H])c([2H])c([2H])c([2H])c2[2H])c([2H])c1[2H]. The summed E-state index contributed by atoms with van der Waals surface area (Å²) in [7, 11) is 0. The smallest absolute Gasteiger partial charge is 0.231 e. The standard InChI is InChI=1S/C27H29NO3/c1-3-8-22(9-4-1)27(23-10-5-2-6-11-23)31-24-12-7-16-28(19-24)17-15-21-13-14-25-26(18-21)30-20-29-25/h1-6,8-11,13-14,18,24,27H,7,12,15-17,19-20H2/t24-/m1/s1/i1D,2D,3D,4D,5D,6D,8D,9D,10D,11D,13D,14D,17D2,18D,27D. The van der Waals surface area contributed by atoms with Gasteiger partial charge in [0, 0.05) is 15.8 Å². The molecule has 4 heteroatoms. The summed E-state index contributed by atoms with van der Waals surface area (Å²) in [6.45, 7) is -2.61. The number of hydrogen-bond acceptors (Lipinski definition) is 4. The molecule has 2 aliphatic heterocycles. The van der Waals surface area contributed by atoms with E-state index in [9.17, 15) is 1.37 Å². The largest absolute Gasteiger partial charge is 0.454 e. The van der Waals surface area contributed by atoms with Gasteiger partial charge in [-0.3, -0.25) is 0 Å². The molecule has 160 valence electrons. The van der Waals surface area contributed by atoms with E-state index in [2.05, 4.69) is 0 Å². The molecule has 0 N–H and O–H groups in total. The van der Waals surface area contributed by atoms with Gasteiger partial charge in [-0.1, -0.05) is 66.5 Å². The van der Waals surface area contributed by atoms with E-state index < -0.39 is 103 Å². The van der Waals surface area contributed by atoms with Gasteiger partial charge in [-0.15, -0.1) is 0 Å². The van der Waals surface area contributed by atoms with Crippen molar-refractivity contribution >= 4 is 0 Å². The highest BCUT2D eigenvalue weighted by atomic mass is 16.7. The van der Waals surface area contributed by atoms with Gasteiger partial charge in [-0.2, -0.15) is 0 Å². The Hall–Kier alpha value is -2.82. The van der Waals surface area contributed by atoms with Crippen molar-refractivity contribution in [2.75, 3.05) is 26.4 Å². The molecule has 2 aliphatic rings. The van der Waals surface area contributed by atoms with Crippen molar-refractivity contribution in [2.24, 2.45) is 0 Å². The van der Waals surface area contributed by atoms with Gasteiger partial charge in [0.2, 0.25) is 6.79 Å². The zero-order valence-corrected chi connectivity index (χ0v) is 16.5. The van der Waals surface area contributed by atoms with Crippen molar-refractivity contribution in [3.05, 3.63) is 95.2 Å². The van der Waals surface area contributed by atoms with Gasteiger partial charge in [0.05, 0.1) is 25.3 Å². The van der Waals surface area contributed by atoms with E-state index in [1.807, 2.05) is 0 Å². The number of hydrogen-bond donors (Lipinski definition) is 0. The Morgan fingerprint density at radius 1 is 1.00 bits per heavy atom. The first-order valence-electron chi connectivity index (χ1n) is 17.8. The predicted octanol–water partition coefficient (Wildman–Crippen LogP) is 5.23. The minimum atomic E-state index is -2.94. The van der Waals surface area contributed by atoms with Crippen LogP contribution in [0.4, 0.5) is 0 Å². The summed E-state index contributed by atoms with van der Waals surface area (Å²) in [5.41, 5.74) is -1.65. The lowest BCUT2D eigenvalue weighted by Crippen LogP contribution is -2.41. The van der Waals surface area contributed by atoms with Crippen LogP contribution >= 0.6 is 0 Å². The number of fused-ring (bicyclic) bond motifs is 1. The molecule has 0 spiro atoms. The highest BCUT2D eigenvalue weighted by Gasteiger charge is 2.25. The van der Waals surface area contributed by atoms with Gasteiger partial charge in [-0.05, 0) is 54.6 Å². The van der Waals surface area contributed by atoms with Crippen molar-refractivity contribution in [2.45, 2.75) is 31.4 Å². The molecule has 0 aliphatic carbocycles. The van der Waals surface area contributed by atoms with Gasteiger partial charge < -0.3 is 19.1 Å². The molecular formula is C27H29NO3. The maximum Gasteiger partial charge on any atom is 0.231 e. The zero-order valence-electron chi connectivity index (χ0n) is 32.5. The molecule has 4 nitrogen and oxygen atoms in total. The molecule has 0 amide bonds. The van der Waals surface area contributed by atoms with Gasteiger partial charge in [-0.25, -0.2) is 0 Å². The van der Waals surface area contributed by atoms with Crippen LogP contribution in [-0.2, 0) is 11.2 Å². The Balaban J connectivity index is 1.57. The second kappa shape index (κ2) is 9.54. The average Bonchev–Trinajstić information content (AvgIpc) is 3.53. The molecule has 1 fully saturated rings. The first kappa shape index (κ1) is 8.97. The molecule has 0 radical (unpaired) electrons. The quantitative estimate of drug-likeness (QED) is 0.513. The summed E-state index contributed by atoms with van der Waals surface area (Å²) in [6, 6.07) is -9.40. The van der Waals surface area contributed by atoms with Crippen LogP contribution in [0.1, 0.15) is 57.5 Å². The Morgan fingerprint density at radius 3 is 2.45 bits per heavy atom. The van der Waals surface area contributed by atoms with Crippen molar-refractivity contribution in [3.8, 4) is 11.5 Å². The van der Waals surface area contributed by atoms with Crippen LogP contribution in [-0.4, -0.2) is 37.4 Å². The molecule has 0 bridgehead atoms. The normalized spacial score (nSPS) is 26.5. The van der Waals surface area contributed by atoms with Gasteiger partial charge in [0.25, 0.3) is 0 Å². The summed E-state index contributed by atoms with van der Waals surface area (Å²) >= 11 is 0. The summed E-state index contributed by atoms with van der Waals surface area (Å²) in [5.74, 6) is -0.129. The second-order valence-electron chi connectivity index (χ2n) is 6.91. The number of nitrogens with zero attached hydrogens (tertiary/aromatic N) is 1. The summed E-state index contributed by atoms with van der Waals surface area (Å²) in [4.78, 5) is 1.32. The van der Waals surface area contributed by atoms with E-state index in [-0.39, 0.29) is 61.9 Å². The van der Waals surface area contributed by atoms with Crippen LogP contribution < -0.4 is 9.47 Å². The predicted molar refractivity (Wildman–Crippen MR) is 122 cm³/mol. The first-order chi connectivity index (χ1) is 21.8. The summed E-state index contributed by atoms with van der Waals surface area (Å²) in [6.07, 6.45) is -4.15. The fraction of sp³-hybridized carbons (Fsp3) is 0.333. The maximum absolute atomic E-state index is 9.52. The lowest BCUT2D eigenvalue weighted by molar-refractivity contribution is -0.0330. The third-order valence-corrected chi connectivity index (χ3v) is 4.80. The van der Waals surface area contributed by atoms with Crippen molar-refractivity contribution < 1.29 is 36.1 Å². The molecule has 1 atom stereocenters. The summed E-state index contributed by atoms with van der Waals surface area (Å²) < 4.78 is 152. The second-order valence-corrected chi connectivity index (χ2v) is 6.91. The van der Waals surface area contributed by atoms with Crippen LogP contribution in [0.15, 0.2) is 78.6 Å². The van der Waals surface area contributed by atoms with Gasteiger partial charge >= 0.3 is 0 Å². The average molecular weight is 432 g/mol. The minimum absolute atomic E-state index is 0.0621. The molecule has 0 saturated carbocycles. The van der Waals surface area contributed by atoms with E-state index >= 15 is 0 Å². The molecule has 3 aromatic rings. The maximum atomic E-state index is 9.52. The highest BCUT2D eigenvalue weighted by Crippen LogP contribution is 2.33. The Bertz CT molecular complexity index is 1660. The number of likely N-dealkylation sites (tertiary alicyclic amines) is 1. The van der Waals surface area contributed by atoms with Crippen LogP contribution in [0.25, 0.3) is 0 Å². The molecular weight excluding hydrogens is 386 g/mol. The van der Waals surface area contributed by atoms with Crippen LogP contribution in [0.5, 0.6) is 11.5 Å². The lowest BCUT2D eigenvalue weighted by Gasteiger charge is -2.35. The minimum Gasteiger partial charge on any atom is -0.454 e. The molecule has 5 rings (SSSR count). The number of piperidine rings is 1. The fourth-order valence-corrected chi connectivity index (χ4v) is 3.36. The molecule has 2 heterocycles. The Kier molecular flexibility index (Phi) is 2.76. The molecule has 3 aromatic carbocycles. The molecule has 0 unspecified atom stereocenters. The van der Waals surface area contributed by atoms with Gasteiger partial charge in [0.15, 0.2) is 11.5 Å². The Labute approximate surface area is 206 Å². The first-order valence-corrected chi connectivity index (χ1v) is 9.81. The monoisotopic (exact) mass is 431 g/mol. The highest BCUT2D eigenvalue weighted by molar-refractivity contribution is 5.44. The molecule has 1 saturated heterocycles. The zero-order chi connectivity index (χ0) is 34.9. The Morgan fingerprint density at radius 2 is 1.71 bits per heavy atom. The van der Waals surface area contributed by atoms with E-state index in [1.165, 1.54) is 4.90 Å². The number of ether oxygens (including phenoxy) is 3. The molecule has 31 heavy (non-hydrogen) atoms. The third kappa shape index (κ3) is 4.92. The lowest BCUT2D eigenvalue weighted by atomic mass is 10.00. The fourth-order valence-electron chi connectivity index (χ4n) is 3.36. The number of benzene rings is 3. The number of rotatable bonds is 7. The van der Waals surface area contributed by atoms with Crippen molar-refractivity contribution in [1.29, 1.82) is 0 Å². The third-order valence-electron chi connectivity index (χ3n) is 4.80. The van der Waals surface area contributed by atoms with Crippen molar-refractivity contribution in [3.63, 3.8) is 0 Å². The van der Waals surface area contributed by atoms with Crippen LogP contribution in [0.3, 0.4) is 0 Å².